The van der Waals surface area contributed by atoms with Gasteiger partial charge in [-0.2, -0.15) is 0 Å². The molecular formula is C16H26N4O9. The van der Waals surface area contributed by atoms with Crippen LogP contribution in [0.15, 0.2) is 0 Å². The summed E-state index contributed by atoms with van der Waals surface area (Å²) in [6, 6.07) is -4.95. The Labute approximate surface area is 166 Å². The van der Waals surface area contributed by atoms with Crippen molar-refractivity contribution in [2.45, 2.75) is 63.7 Å². The molecule has 3 amide bonds. The molecule has 0 saturated carbocycles. The number of carbonyl (C=O) groups excluding carboxylic acids is 3. The predicted octanol–water partition coefficient (Wildman–Crippen LogP) is -2.38. The number of nitrogens with two attached hydrogens (primary N) is 1. The van der Waals surface area contributed by atoms with E-state index in [1.165, 1.54) is 13.8 Å². The van der Waals surface area contributed by atoms with E-state index < -0.39 is 79.1 Å². The third kappa shape index (κ3) is 10.6. The zero-order valence-corrected chi connectivity index (χ0v) is 16.0. The molecule has 29 heavy (non-hydrogen) atoms. The van der Waals surface area contributed by atoms with Gasteiger partial charge in [0.05, 0.1) is 6.04 Å². The molecule has 0 spiro atoms. The minimum Gasteiger partial charge on any atom is -0.481 e. The van der Waals surface area contributed by atoms with E-state index in [2.05, 4.69) is 16.0 Å². The quantitative estimate of drug-likeness (QED) is 0.168. The molecule has 4 atom stereocenters. The fourth-order valence-corrected chi connectivity index (χ4v) is 2.04. The minimum atomic E-state index is -1.54. The van der Waals surface area contributed by atoms with Crippen molar-refractivity contribution in [2.75, 3.05) is 0 Å². The number of rotatable bonds is 13. The Morgan fingerprint density at radius 2 is 1.17 bits per heavy atom. The molecule has 13 heteroatoms. The van der Waals surface area contributed by atoms with Gasteiger partial charge in [-0.25, -0.2) is 4.79 Å². The Bertz CT molecular complexity index is 650. The van der Waals surface area contributed by atoms with E-state index in [4.69, 9.17) is 21.1 Å². The number of hydrogen-bond acceptors (Lipinski definition) is 7. The summed E-state index contributed by atoms with van der Waals surface area (Å²) in [5, 5.41) is 33.2. The predicted molar refractivity (Wildman–Crippen MR) is 96.5 cm³/mol. The summed E-state index contributed by atoms with van der Waals surface area (Å²) in [5.41, 5.74) is 5.38. The van der Waals surface area contributed by atoms with Crippen molar-refractivity contribution < 1.29 is 44.1 Å². The van der Waals surface area contributed by atoms with Gasteiger partial charge in [0.15, 0.2) is 0 Å². The van der Waals surface area contributed by atoms with E-state index in [-0.39, 0.29) is 6.42 Å². The van der Waals surface area contributed by atoms with Gasteiger partial charge >= 0.3 is 17.9 Å². The largest absolute Gasteiger partial charge is 0.481 e. The first-order valence-electron chi connectivity index (χ1n) is 8.68. The molecule has 0 heterocycles. The lowest BCUT2D eigenvalue weighted by Crippen LogP contribution is -2.56. The van der Waals surface area contributed by atoms with Crippen molar-refractivity contribution in [1.29, 1.82) is 0 Å². The molecule has 13 nitrogen and oxygen atoms in total. The molecule has 0 aromatic heterocycles. The number of hydrogen-bond donors (Lipinski definition) is 7. The number of nitrogens with one attached hydrogen (secondary N) is 3. The van der Waals surface area contributed by atoms with Gasteiger partial charge in [0.2, 0.25) is 17.7 Å². The van der Waals surface area contributed by atoms with E-state index in [1.807, 2.05) is 0 Å². The van der Waals surface area contributed by atoms with Crippen LogP contribution in [-0.4, -0.2) is 75.1 Å². The Morgan fingerprint density at radius 3 is 1.59 bits per heavy atom. The van der Waals surface area contributed by atoms with E-state index in [9.17, 15) is 28.8 Å². The van der Waals surface area contributed by atoms with Gasteiger partial charge in [-0.3, -0.25) is 24.0 Å². The average Bonchev–Trinajstić information content (AvgIpc) is 2.60. The fraction of sp³-hybridized carbons (Fsp3) is 0.625. The van der Waals surface area contributed by atoms with Crippen LogP contribution < -0.4 is 21.7 Å². The first-order chi connectivity index (χ1) is 13.3. The Kier molecular flexibility index (Phi) is 10.9. The fourth-order valence-electron chi connectivity index (χ4n) is 2.04. The van der Waals surface area contributed by atoms with Crippen LogP contribution in [0.25, 0.3) is 0 Å². The zero-order valence-electron chi connectivity index (χ0n) is 16.0. The molecule has 0 aliphatic heterocycles. The topological polar surface area (TPSA) is 225 Å². The number of amides is 3. The van der Waals surface area contributed by atoms with Gasteiger partial charge in [-0.05, 0) is 26.7 Å². The molecule has 4 unspecified atom stereocenters. The molecule has 0 aromatic rings. The summed E-state index contributed by atoms with van der Waals surface area (Å²) in [6.07, 6.45) is -1.79. The van der Waals surface area contributed by atoms with Crippen LogP contribution in [0.5, 0.6) is 0 Å². The van der Waals surface area contributed by atoms with Crippen molar-refractivity contribution >= 4 is 35.6 Å². The Hall–Kier alpha value is -3.22. The van der Waals surface area contributed by atoms with E-state index >= 15 is 0 Å². The number of carbonyl (C=O) groups is 6. The lowest BCUT2D eigenvalue weighted by Gasteiger charge is -2.23. The molecule has 0 fully saturated rings. The summed E-state index contributed by atoms with van der Waals surface area (Å²) in [5.74, 6) is -6.44. The lowest BCUT2D eigenvalue weighted by molar-refractivity contribution is -0.144. The second kappa shape index (κ2) is 12.3. The van der Waals surface area contributed by atoms with E-state index in [1.54, 1.807) is 0 Å². The third-order valence-electron chi connectivity index (χ3n) is 3.71. The lowest BCUT2D eigenvalue weighted by atomic mass is 10.1. The molecule has 0 aliphatic carbocycles. The minimum absolute atomic E-state index is 0.355. The average molecular weight is 418 g/mol. The maximum atomic E-state index is 12.4. The summed E-state index contributed by atoms with van der Waals surface area (Å²) < 4.78 is 0. The SMILES string of the molecule is CC(N)C(=O)NC(C)C(=O)NC(CCC(=O)O)C(=O)NC(CCC(=O)O)C(=O)O. The van der Waals surface area contributed by atoms with Crippen LogP contribution in [0.4, 0.5) is 0 Å². The molecule has 0 bridgehead atoms. The number of carboxylic acids is 3. The first kappa shape index (κ1) is 25.8. The number of aliphatic carboxylic acids is 3. The highest BCUT2D eigenvalue weighted by atomic mass is 16.4. The molecular weight excluding hydrogens is 392 g/mol. The normalized spacial score (nSPS) is 14.6. The van der Waals surface area contributed by atoms with Gasteiger partial charge in [-0.1, -0.05) is 0 Å². The maximum Gasteiger partial charge on any atom is 0.326 e. The monoisotopic (exact) mass is 418 g/mol. The second-order valence-electron chi connectivity index (χ2n) is 6.34. The molecule has 0 radical (unpaired) electrons. The van der Waals surface area contributed by atoms with Gasteiger partial charge in [0.1, 0.15) is 18.1 Å². The van der Waals surface area contributed by atoms with Gasteiger partial charge in [-0.15, -0.1) is 0 Å². The number of carboxylic acid groups (broad SMARTS) is 3. The van der Waals surface area contributed by atoms with Crippen molar-refractivity contribution in [1.82, 2.24) is 16.0 Å². The standard InChI is InChI=1S/C16H26N4O9/c1-7(17)13(25)18-8(2)14(26)19-9(3-5-11(21)22)15(27)20-10(16(28)29)4-6-12(23)24/h7-10H,3-6,17H2,1-2H3,(H,18,25)(H,19,26)(H,20,27)(H,21,22)(H,23,24)(H,28,29). The Morgan fingerprint density at radius 1 is 0.724 bits per heavy atom. The van der Waals surface area contributed by atoms with Gasteiger partial charge < -0.3 is 37.0 Å². The van der Waals surface area contributed by atoms with Gasteiger partial charge in [0, 0.05) is 12.8 Å². The van der Waals surface area contributed by atoms with Crippen molar-refractivity contribution in [3.05, 3.63) is 0 Å². The van der Waals surface area contributed by atoms with Crippen LogP contribution in [-0.2, 0) is 28.8 Å². The van der Waals surface area contributed by atoms with Crippen LogP contribution >= 0.6 is 0 Å². The molecule has 164 valence electrons. The van der Waals surface area contributed by atoms with Crippen LogP contribution in [0.1, 0.15) is 39.5 Å². The highest BCUT2D eigenvalue weighted by molar-refractivity contribution is 5.94. The third-order valence-corrected chi connectivity index (χ3v) is 3.71. The van der Waals surface area contributed by atoms with Crippen molar-refractivity contribution in [2.24, 2.45) is 5.73 Å². The summed E-state index contributed by atoms with van der Waals surface area (Å²) >= 11 is 0. The van der Waals surface area contributed by atoms with Crippen LogP contribution in [0.3, 0.4) is 0 Å². The zero-order chi connectivity index (χ0) is 22.7. The second-order valence-corrected chi connectivity index (χ2v) is 6.34. The summed E-state index contributed by atoms with van der Waals surface area (Å²) in [6.45, 7) is 2.71. The van der Waals surface area contributed by atoms with E-state index in [0.717, 1.165) is 0 Å². The summed E-state index contributed by atoms with van der Waals surface area (Å²) in [7, 11) is 0. The highest BCUT2D eigenvalue weighted by Gasteiger charge is 2.29. The Balaban J connectivity index is 5.17. The smallest absolute Gasteiger partial charge is 0.326 e. The van der Waals surface area contributed by atoms with Crippen molar-refractivity contribution in [3.8, 4) is 0 Å². The van der Waals surface area contributed by atoms with E-state index in [0.29, 0.717) is 0 Å². The van der Waals surface area contributed by atoms with Crippen LogP contribution in [0, 0.1) is 0 Å². The molecule has 0 rings (SSSR count). The van der Waals surface area contributed by atoms with Crippen LogP contribution in [0.2, 0.25) is 0 Å². The molecule has 0 saturated heterocycles. The molecule has 8 N–H and O–H groups in total. The summed E-state index contributed by atoms with van der Waals surface area (Å²) in [4.78, 5) is 68.7. The molecule has 0 aliphatic rings. The van der Waals surface area contributed by atoms with Crippen molar-refractivity contribution in [3.63, 3.8) is 0 Å². The maximum absolute atomic E-state index is 12.4. The first-order valence-corrected chi connectivity index (χ1v) is 8.68. The van der Waals surface area contributed by atoms with Gasteiger partial charge in [0.25, 0.3) is 0 Å². The molecule has 0 aromatic carbocycles. The highest BCUT2D eigenvalue weighted by Crippen LogP contribution is 2.03.